The zero-order valence-corrected chi connectivity index (χ0v) is 18.5. The highest BCUT2D eigenvalue weighted by molar-refractivity contribution is 7.17. The van der Waals surface area contributed by atoms with Gasteiger partial charge in [-0.1, -0.05) is 5.16 Å². The van der Waals surface area contributed by atoms with Gasteiger partial charge >= 0.3 is 5.92 Å². The van der Waals surface area contributed by atoms with Crippen LogP contribution in [0.4, 0.5) is 8.78 Å². The molecule has 0 aliphatic carbocycles. The summed E-state index contributed by atoms with van der Waals surface area (Å²) in [5, 5.41) is 3.84. The second-order valence-electron chi connectivity index (χ2n) is 8.42. The van der Waals surface area contributed by atoms with Crippen molar-refractivity contribution in [1.29, 1.82) is 0 Å². The Morgan fingerprint density at radius 3 is 2.63 bits per heavy atom. The number of thiophene rings is 1. The number of hydrogen-bond acceptors (Lipinski definition) is 6. The fourth-order valence-electron chi connectivity index (χ4n) is 4.34. The Kier molecular flexibility index (Phi) is 5.96. The third kappa shape index (κ3) is 4.29. The largest absolute Gasteiger partial charge is 0.354 e. The molecule has 30 heavy (non-hydrogen) atoms. The molecule has 1 unspecified atom stereocenters. The lowest BCUT2D eigenvalue weighted by Gasteiger charge is -2.42. The summed E-state index contributed by atoms with van der Waals surface area (Å²) in [6.45, 7) is 8.08. The van der Waals surface area contributed by atoms with Gasteiger partial charge in [0.15, 0.2) is 0 Å². The van der Waals surface area contributed by atoms with Gasteiger partial charge in [-0.3, -0.25) is 9.69 Å². The van der Waals surface area contributed by atoms with Crippen LogP contribution in [0, 0.1) is 6.92 Å². The number of nitrogens with zero attached hydrogens (tertiary/aromatic N) is 4. The molecular formula is C21H28F2N4O2S. The number of alkyl halides is 2. The molecule has 2 aromatic heterocycles. The molecule has 0 saturated carbocycles. The van der Waals surface area contributed by atoms with Gasteiger partial charge in [-0.15, -0.1) is 11.3 Å². The average molecular weight is 439 g/mol. The zero-order valence-electron chi connectivity index (χ0n) is 17.7. The van der Waals surface area contributed by atoms with Gasteiger partial charge < -0.3 is 14.3 Å². The quantitative estimate of drug-likeness (QED) is 0.729. The number of rotatable bonds is 4. The molecule has 4 rings (SSSR count). The maximum absolute atomic E-state index is 13.6. The molecule has 6 nitrogen and oxygen atoms in total. The Morgan fingerprint density at radius 1 is 1.23 bits per heavy atom. The first-order valence-corrected chi connectivity index (χ1v) is 11.2. The molecule has 9 heteroatoms. The highest BCUT2D eigenvalue weighted by atomic mass is 32.1. The van der Waals surface area contributed by atoms with Gasteiger partial charge in [-0.25, -0.2) is 0 Å². The summed E-state index contributed by atoms with van der Waals surface area (Å²) >= 11 is 1.28. The summed E-state index contributed by atoms with van der Waals surface area (Å²) in [5.41, 5.74) is 0.695. The number of aromatic nitrogens is 1. The second kappa shape index (κ2) is 8.36. The Bertz CT molecular complexity index is 899. The topological polar surface area (TPSA) is 52.8 Å². The van der Waals surface area contributed by atoms with Crippen LogP contribution >= 0.6 is 11.3 Å². The highest BCUT2D eigenvalue weighted by Crippen LogP contribution is 2.37. The fourth-order valence-corrected chi connectivity index (χ4v) is 5.35. The van der Waals surface area contributed by atoms with E-state index in [1.807, 2.05) is 4.90 Å². The predicted octanol–water partition coefficient (Wildman–Crippen LogP) is 3.68. The molecule has 1 atom stereocenters. The smallest absolute Gasteiger partial charge is 0.304 e. The minimum Gasteiger partial charge on any atom is -0.354 e. The molecule has 0 spiro atoms. The van der Waals surface area contributed by atoms with Crippen molar-refractivity contribution in [3.05, 3.63) is 28.3 Å². The van der Waals surface area contributed by atoms with Gasteiger partial charge in [0, 0.05) is 57.8 Å². The molecule has 0 aromatic carbocycles. The molecule has 0 radical (unpaired) electrons. The lowest BCUT2D eigenvalue weighted by atomic mass is 10.0. The van der Waals surface area contributed by atoms with Crippen molar-refractivity contribution < 1.29 is 18.1 Å². The number of halogens is 2. The molecule has 1 amide bonds. The number of carbonyl (C=O) groups excluding carboxylic acids is 1. The molecule has 0 N–H and O–H groups in total. The third-order valence-corrected chi connectivity index (χ3v) is 7.19. The van der Waals surface area contributed by atoms with Crippen molar-refractivity contribution in [1.82, 2.24) is 19.9 Å². The van der Waals surface area contributed by atoms with E-state index in [1.165, 1.54) is 11.3 Å². The predicted molar refractivity (Wildman–Crippen MR) is 112 cm³/mol. The molecule has 2 fully saturated rings. The number of amides is 1. The van der Waals surface area contributed by atoms with E-state index in [0.29, 0.717) is 27.1 Å². The van der Waals surface area contributed by atoms with Gasteiger partial charge in [-0.05, 0) is 38.9 Å². The van der Waals surface area contributed by atoms with Crippen LogP contribution in [0.2, 0.25) is 0 Å². The summed E-state index contributed by atoms with van der Waals surface area (Å²) < 4.78 is 32.2. The molecule has 2 aliphatic heterocycles. The van der Waals surface area contributed by atoms with E-state index in [0.717, 1.165) is 59.0 Å². The third-order valence-electron chi connectivity index (χ3n) is 6.11. The molecule has 2 aliphatic rings. The van der Waals surface area contributed by atoms with Crippen molar-refractivity contribution in [2.24, 2.45) is 0 Å². The molecular weight excluding hydrogens is 410 g/mol. The van der Waals surface area contributed by atoms with Crippen molar-refractivity contribution in [2.75, 3.05) is 46.3 Å². The number of likely N-dealkylation sites (tertiary alicyclic amines) is 1. The molecule has 2 saturated heterocycles. The fraction of sp³-hybridized carbons (Fsp3) is 0.619. The van der Waals surface area contributed by atoms with Crippen LogP contribution in [0.3, 0.4) is 0 Å². The van der Waals surface area contributed by atoms with Crippen LogP contribution in [0.1, 0.15) is 40.8 Å². The monoisotopic (exact) mass is 438 g/mol. The summed E-state index contributed by atoms with van der Waals surface area (Å²) in [7, 11) is 2.14. The van der Waals surface area contributed by atoms with E-state index in [2.05, 4.69) is 22.0 Å². The van der Waals surface area contributed by atoms with Gasteiger partial charge in [0.1, 0.15) is 5.69 Å². The van der Waals surface area contributed by atoms with Crippen LogP contribution < -0.4 is 0 Å². The highest BCUT2D eigenvalue weighted by Gasteiger charge is 2.34. The first-order chi connectivity index (χ1) is 14.2. The van der Waals surface area contributed by atoms with Crippen LogP contribution in [-0.2, 0) is 5.92 Å². The van der Waals surface area contributed by atoms with Crippen LogP contribution in [-0.4, -0.2) is 78.1 Å². The zero-order chi connectivity index (χ0) is 21.5. The van der Waals surface area contributed by atoms with Crippen molar-refractivity contribution in [3.8, 4) is 10.6 Å². The van der Waals surface area contributed by atoms with Crippen LogP contribution in [0.25, 0.3) is 10.6 Å². The van der Waals surface area contributed by atoms with Crippen LogP contribution in [0.15, 0.2) is 16.7 Å². The van der Waals surface area contributed by atoms with Gasteiger partial charge in [0.25, 0.3) is 5.91 Å². The number of piperidine rings is 1. The second-order valence-corrected chi connectivity index (χ2v) is 9.51. The summed E-state index contributed by atoms with van der Waals surface area (Å²) in [6, 6.07) is 3.94. The Balaban J connectivity index is 1.46. The lowest BCUT2D eigenvalue weighted by Crippen LogP contribution is -2.55. The Hall–Kier alpha value is -1.84. The van der Waals surface area contributed by atoms with E-state index < -0.39 is 11.7 Å². The number of piperazine rings is 1. The van der Waals surface area contributed by atoms with Gasteiger partial charge in [-0.2, -0.15) is 8.78 Å². The lowest BCUT2D eigenvalue weighted by molar-refractivity contribution is -0.0112. The van der Waals surface area contributed by atoms with Gasteiger partial charge in [0.2, 0.25) is 5.76 Å². The number of carbonyl (C=O) groups is 1. The Morgan fingerprint density at radius 2 is 1.97 bits per heavy atom. The Labute approximate surface area is 179 Å². The minimum atomic E-state index is -3.09. The molecule has 0 bridgehead atoms. The van der Waals surface area contributed by atoms with E-state index >= 15 is 0 Å². The number of likely N-dealkylation sites (N-methyl/N-ethyl adjacent to an activating group) is 1. The normalized spacial score (nSPS) is 21.9. The van der Waals surface area contributed by atoms with E-state index in [4.69, 9.17) is 4.52 Å². The standard InChI is InChI=1S/C21H28F2N4O2S/c1-14-18(24-29-19(14)21(2,22)23)16-6-7-17(30-16)20(28)27-8-4-5-15(13-27)26-11-9-25(3)10-12-26/h6-7,15H,4-5,8-13H2,1-3H3. The van der Waals surface area contributed by atoms with Gasteiger partial charge in [0.05, 0.1) is 9.75 Å². The number of hydrogen-bond donors (Lipinski definition) is 0. The first-order valence-electron chi connectivity index (χ1n) is 10.4. The SMILES string of the molecule is Cc1c(-c2ccc(C(=O)N3CCCC(N4CCN(C)CC4)C3)s2)noc1C(C)(F)F. The summed E-state index contributed by atoms with van der Waals surface area (Å²) in [5.74, 6) is -3.51. The van der Waals surface area contributed by atoms with E-state index in [9.17, 15) is 13.6 Å². The average Bonchev–Trinajstić information content (AvgIpc) is 3.34. The van der Waals surface area contributed by atoms with Crippen LogP contribution in [0.5, 0.6) is 0 Å². The maximum Gasteiger partial charge on any atom is 0.304 e. The molecule has 2 aromatic rings. The van der Waals surface area contributed by atoms with Crippen molar-refractivity contribution in [3.63, 3.8) is 0 Å². The summed E-state index contributed by atoms with van der Waals surface area (Å²) in [4.78, 5) is 21.2. The maximum atomic E-state index is 13.6. The van der Waals surface area contributed by atoms with E-state index in [-0.39, 0.29) is 5.91 Å². The first kappa shape index (κ1) is 21.4. The van der Waals surface area contributed by atoms with Crippen molar-refractivity contribution in [2.45, 2.75) is 38.7 Å². The minimum absolute atomic E-state index is 0.00673. The van der Waals surface area contributed by atoms with Crippen molar-refractivity contribution >= 4 is 17.2 Å². The molecule has 164 valence electrons. The summed E-state index contributed by atoms with van der Waals surface area (Å²) in [6.07, 6.45) is 2.12. The molecule has 4 heterocycles. The van der Waals surface area contributed by atoms with E-state index in [1.54, 1.807) is 19.1 Å².